The van der Waals surface area contributed by atoms with Crippen LogP contribution in [0.25, 0.3) is 16.7 Å². The van der Waals surface area contributed by atoms with Crippen molar-refractivity contribution in [1.82, 2.24) is 30.3 Å². The van der Waals surface area contributed by atoms with Crippen molar-refractivity contribution in [3.05, 3.63) is 94.5 Å². The smallest absolute Gasteiger partial charge is 0.284 e. The Labute approximate surface area is 255 Å². The molecule has 5 aromatic rings. The number of carbonyl (C=O) groups excluding carboxylic acids is 1. The fourth-order valence-corrected chi connectivity index (χ4v) is 4.47. The van der Waals surface area contributed by atoms with Crippen LogP contribution in [0.4, 0.5) is 14.5 Å². The van der Waals surface area contributed by atoms with Crippen LogP contribution in [-0.2, 0) is 0 Å². The Balaban J connectivity index is 0.00000212. The van der Waals surface area contributed by atoms with E-state index >= 15 is 4.39 Å². The molecule has 0 aliphatic carbocycles. The van der Waals surface area contributed by atoms with Gasteiger partial charge in [0.05, 0.1) is 5.69 Å². The molecular weight excluding hydrogens is 607 g/mol. The van der Waals surface area contributed by atoms with Crippen molar-refractivity contribution in [3.8, 4) is 23.1 Å². The maximum atomic E-state index is 15.1. The van der Waals surface area contributed by atoms with Gasteiger partial charge in [0.15, 0.2) is 17.2 Å². The molecule has 3 aromatic heterocycles. The van der Waals surface area contributed by atoms with Gasteiger partial charge in [0.25, 0.3) is 11.5 Å². The number of amides is 1. The molecular formula is C28H25Cl2F2N7O4. The Hall–Kier alpha value is -4.59. The van der Waals surface area contributed by atoms with Crippen LogP contribution in [0.3, 0.4) is 0 Å². The van der Waals surface area contributed by atoms with E-state index in [2.05, 4.69) is 30.9 Å². The number of halogens is 4. The molecule has 3 N–H and O–H groups in total. The third kappa shape index (κ3) is 6.74. The number of aromatic amines is 1. The average Bonchev–Trinajstić information content (AvgIpc) is 3.39. The average molecular weight is 632 g/mol. The Bertz CT molecular complexity index is 1790. The number of H-pyrrole nitrogens is 1. The van der Waals surface area contributed by atoms with Gasteiger partial charge in [0.2, 0.25) is 5.88 Å². The summed E-state index contributed by atoms with van der Waals surface area (Å²) in [5.41, 5.74) is -0.139. The molecule has 1 fully saturated rings. The van der Waals surface area contributed by atoms with Gasteiger partial charge >= 0.3 is 0 Å². The van der Waals surface area contributed by atoms with Gasteiger partial charge in [-0.25, -0.2) is 13.8 Å². The summed E-state index contributed by atoms with van der Waals surface area (Å²) in [6, 6.07) is 11.8. The van der Waals surface area contributed by atoms with Gasteiger partial charge in [-0.15, -0.1) is 29.9 Å². The molecule has 0 saturated carbocycles. The number of nitrogens with one attached hydrogen (secondary N) is 3. The number of benzene rings is 2. The second-order valence-electron chi connectivity index (χ2n) is 9.27. The Morgan fingerprint density at radius 2 is 1.74 bits per heavy atom. The number of pyridine rings is 1. The number of carbonyl (C=O) groups is 1. The summed E-state index contributed by atoms with van der Waals surface area (Å²) in [6.07, 6.45) is 4.41. The van der Waals surface area contributed by atoms with E-state index in [0.29, 0.717) is 22.7 Å². The Morgan fingerprint density at radius 1 is 0.977 bits per heavy atom. The second kappa shape index (κ2) is 13.6. The number of hydrogen-bond acceptors (Lipinski definition) is 8. The fraction of sp³-hybridized carbons (Fsp3) is 0.179. The first kappa shape index (κ1) is 31.3. The van der Waals surface area contributed by atoms with Crippen LogP contribution in [0.15, 0.2) is 71.8 Å². The summed E-state index contributed by atoms with van der Waals surface area (Å²) in [7, 11) is 0. The van der Waals surface area contributed by atoms with Crippen LogP contribution >= 0.6 is 24.8 Å². The van der Waals surface area contributed by atoms with Gasteiger partial charge in [0.1, 0.15) is 28.6 Å². The van der Waals surface area contributed by atoms with Crippen LogP contribution in [-0.4, -0.2) is 50.1 Å². The zero-order chi connectivity index (χ0) is 28.3. The summed E-state index contributed by atoms with van der Waals surface area (Å²) in [6.45, 7) is 1.68. The number of anilines is 1. The number of fused-ring (bicyclic) bond motifs is 1. The van der Waals surface area contributed by atoms with E-state index in [0.717, 1.165) is 36.7 Å². The molecule has 1 aliphatic rings. The fourth-order valence-electron chi connectivity index (χ4n) is 4.47. The minimum absolute atomic E-state index is 0. The standard InChI is InChI=1S/C28H23F2N7O4.2ClH/c29-16-1-4-18(5-2-16)37-28(39)20(9-14-33-37)26(38)34-17-3-6-22(21(30)15-17)41-23-10-13-32-25-24(23)27(36-35-25)40-19-7-11-31-12-8-19;;/h1-6,9-10,13-15,19,31H,7-8,11-12H2,(H,34,38)(H,32,35,36);2*1H. The van der Waals surface area contributed by atoms with Crippen molar-refractivity contribution < 1.29 is 23.0 Å². The van der Waals surface area contributed by atoms with Crippen LogP contribution in [0.2, 0.25) is 0 Å². The van der Waals surface area contributed by atoms with Crippen LogP contribution in [0, 0.1) is 11.6 Å². The summed E-state index contributed by atoms with van der Waals surface area (Å²) in [5, 5.41) is 17.3. The van der Waals surface area contributed by atoms with E-state index in [1.807, 2.05) is 0 Å². The highest BCUT2D eigenvalue weighted by molar-refractivity contribution is 6.04. The van der Waals surface area contributed by atoms with Crippen LogP contribution < -0.4 is 25.7 Å². The number of piperidine rings is 1. The maximum Gasteiger partial charge on any atom is 0.284 e. The lowest BCUT2D eigenvalue weighted by molar-refractivity contribution is 0.102. The molecule has 1 aliphatic heterocycles. The van der Waals surface area contributed by atoms with Crippen molar-refractivity contribution in [3.63, 3.8) is 0 Å². The van der Waals surface area contributed by atoms with Gasteiger partial charge in [-0.05, 0) is 68.4 Å². The molecule has 0 unspecified atom stereocenters. The molecule has 43 heavy (non-hydrogen) atoms. The third-order valence-electron chi connectivity index (χ3n) is 6.53. The summed E-state index contributed by atoms with van der Waals surface area (Å²) in [4.78, 5) is 30.0. The summed E-state index contributed by atoms with van der Waals surface area (Å²) in [5.74, 6) is -1.49. The molecule has 11 nitrogen and oxygen atoms in total. The molecule has 1 saturated heterocycles. The predicted molar refractivity (Wildman–Crippen MR) is 159 cm³/mol. The second-order valence-corrected chi connectivity index (χ2v) is 9.27. The molecule has 0 spiro atoms. The number of nitrogens with zero attached hydrogens (tertiary/aromatic N) is 4. The SMILES string of the molecule is Cl.Cl.O=C(Nc1ccc(Oc2ccnc3[nH]nc(OC4CCNCC4)c23)c(F)c1)c1ccnn(-c2ccc(F)cc2)c1=O. The van der Waals surface area contributed by atoms with E-state index in [1.165, 1.54) is 54.9 Å². The first-order chi connectivity index (χ1) is 20.0. The highest BCUT2D eigenvalue weighted by Gasteiger charge is 2.21. The quantitative estimate of drug-likeness (QED) is 0.233. The molecule has 224 valence electrons. The molecule has 0 atom stereocenters. The van der Waals surface area contributed by atoms with E-state index in [4.69, 9.17) is 9.47 Å². The van der Waals surface area contributed by atoms with Crippen LogP contribution in [0.5, 0.6) is 17.4 Å². The summed E-state index contributed by atoms with van der Waals surface area (Å²) >= 11 is 0. The Kier molecular flexibility index (Phi) is 9.91. The topological polar surface area (TPSA) is 136 Å². The number of aromatic nitrogens is 5. The first-order valence-corrected chi connectivity index (χ1v) is 12.8. The zero-order valence-corrected chi connectivity index (χ0v) is 23.9. The zero-order valence-electron chi connectivity index (χ0n) is 22.3. The van der Waals surface area contributed by atoms with E-state index < -0.39 is 23.1 Å². The van der Waals surface area contributed by atoms with Crippen LogP contribution in [0.1, 0.15) is 23.2 Å². The van der Waals surface area contributed by atoms with Crippen molar-refractivity contribution in [2.24, 2.45) is 0 Å². The molecule has 2 aromatic carbocycles. The van der Waals surface area contributed by atoms with Gasteiger partial charge in [-0.3, -0.25) is 14.7 Å². The van der Waals surface area contributed by atoms with E-state index in [1.54, 1.807) is 6.07 Å². The maximum absolute atomic E-state index is 15.1. The Morgan fingerprint density at radius 3 is 2.49 bits per heavy atom. The molecule has 4 heterocycles. The van der Waals surface area contributed by atoms with E-state index in [-0.39, 0.29) is 53.6 Å². The molecule has 1 amide bonds. The highest BCUT2D eigenvalue weighted by atomic mass is 35.5. The highest BCUT2D eigenvalue weighted by Crippen LogP contribution is 2.36. The summed E-state index contributed by atoms with van der Waals surface area (Å²) < 4.78 is 41.3. The molecule has 6 rings (SSSR count). The van der Waals surface area contributed by atoms with E-state index in [9.17, 15) is 14.0 Å². The normalized spacial score (nSPS) is 13.1. The monoisotopic (exact) mass is 631 g/mol. The van der Waals surface area contributed by atoms with Gasteiger partial charge < -0.3 is 20.1 Å². The third-order valence-corrected chi connectivity index (χ3v) is 6.53. The van der Waals surface area contributed by atoms with Crippen molar-refractivity contribution in [2.75, 3.05) is 18.4 Å². The molecule has 0 bridgehead atoms. The van der Waals surface area contributed by atoms with Crippen molar-refractivity contribution in [1.29, 1.82) is 0 Å². The minimum Gasteiger partial charge on any atom is -0.473 e. The first-order valence-electron chi connectivity index (χ1n) is 12.8. The lowest BCUT2D eigenvalue weighted by Gasteiger charge is -2.22. The predicted octanol–water partition coefficient (Wildman–Crippen LogP) is 4.80. The number of ether oxygens (including phenoxy) is 2. The van der Waals surface area contributed by atoms with Gasteiger partial charge in [-0.1, -0.05) is 0 Å². The lowest BCUT2D eigenvalue weighted by atomic mass is 10.1. The largest absolute Gasteiger partial charge is 0.473 e. The van der Waals surface area contributed by atoms with Crippen molar-refractivity contribution in [2.45, 2.75) is 18.9 Å². The van der Waals surface area contributed by atoms with Gasteiger partial charge in [0, 0.05) is 30.2 Å². The van der Waals surface area contributed by atoms with Crippen molar-refractivity contribution >= 4 is 47.4 Å². The van der Waals surface area contributed by atoms with Gasteiger partial charge in [-0.2, -0.15) is 9.78 Å². The minimum atomic E-state index is -0.768. The lowest BCUT2D eigenvalue weighted by Crippen LogP contribution is -2.34. The number of rotatable bonds is 7. The molecule has 15 heteroatoms. The molecule has 0 radical (unpaired) electrons. The number of hydrogen-bond donors (Lipinski definition) is 3.